The molecule has 0 saturated heterocycles. The normalized spacial score (nSPS) is 10.2. The maximum atomic E-state index is 11.5. The van der Waals surface area contributed by atoms with E-state index in [1.807, 2.05) is 6.92 Å². The minimum Gasteiger partial charge on any atom is -0.465 e. The fourth-order valence-electron chi connectivity index (χ4n) is 1.56. The van der Waals surface area contributed by atoms with Gasteiger partial charge in [0, 0.05) is 17.3 Å². The predicted octanol–water partition coefficient (Wildman–Crippen LogP) is 1.83. The third-order valence-corrected chi connectivity index (χ3v) is 3.41. The van der Waals surface area contributed by atoms with E-state index in [9.17, 15) is 4.79 Å². The topological polar surface area (TPSA) is 90.1 Å². The first-order valence-electron chi connectivity index (χ1n) is 5.59. The van der Waals surface area contributed by atoms with Crippen molar-refractivity contribution in [2.24, 2.45) is 0 Å². The fraction of sp³-hybridized carbons (Fsp3) is 0.250. The Morgan fingerprint density at radius 2 is 2.32 bits per heavy atom. The van der Waals surface area contributed by atoms with Gasteiger partial charge >= 0.3 is 5.97 Å². The van der Waals surface area contributed by atoms with Gasteiger partial charge in [-0.05, 0) is 13.0 Å². The zero-order valence-electron chi connectivity index (χ0n) is 10.6. The molecule has 0 unspecified atom stereocenters. The van der Waals surface area contributed by atoms with Crippen molar-refractivity contribution in [1.82, 2.24) is 9.97 Å². The van der Waals surface area contributed by atoms with Gasteiger partial charge in [0.15, 0.2) is 0 Å². The van der Waals surface area contributed by atoms with Crippen LogP contribution in [0.25, 0.3) is 0 Å². The minimum atomic E-state index is -0.475. The van der Waals surface area contributed by atoms with Gasteiger partial charge in [-0.25, -0.2) is 14.8 Å². The molecule has 7 heteroatoms. The summed E-state index contributed by atoms with van der Waals surface area (Å²) in [5, 5.41) is 4.09. The molecule has 0 aliphatic carbocycles. The number of aromatic nitrogens is 2. The Morgan fingerprint density at radius 1 is 1.53 bits per heavy atom. The summed E-state index contributed by atoms with van der Waals surface area (Å²) in [7, 11) is 1.31. The third-order valence-electron chi connectivity index (χ3n) is 2.49. The first-order chi connectivity index (χ1) is 9.11. The Morgan fingerprint density at radius 3 is 2.95 bits per heavy atom. The Kier molecular flexibility index (Phi) is 3.96. The zero-order valence-corrected chi connectivity index (χ0v) is 11.5. The average Bonchev–Trinajstić information content (AvgIpc) is 2.82. The molecule has 3 N–H and O–H groups in total. The van der Waals surface area contributed by atoms with Crippen LogP contribution < -0.4 is 11.1 Å². The van der Waals surface area contributed by atoms with Gasteiger partial charge in [0.2, 0.25) is 0 Å². The van der Waals surface area contributed by atoms with Crippen molar-refractivity contribution in [2.75, 3.05) is 18.2 Å². The lowest BCUT2D eigenvalue weighted by Crippen LogP contribution is -2.10. The van der Waals surface area contributed by atoms with Crippen LogP contribution in [0, 0.1) is 6.92 Å². The maximum Gasteiger partial charge on any atom is 0.340 e. The summed E-state index contributed by atoms with van der Waals surface area (Å²) in [6.07, 6.45) is 3.32. The number of hydrogen-bond acceptors (Lipinski definition) is 7. The molecule has 100 valence electrons. The monoisotopic (exact) mass is 278 g/mol. The van der Waals surface area contributed by atoms with Crippen molar-refractivity contribution in [3.05, 3.63) is 33.9 Å². The number of ether oxygens (including phenoxy) is 1. The lowest BCUT2D eigenvalue weighted by molar-refractivity contribution is 0.0602. The molecule has 0 aliphatic heterocycles. The van der Waals surface area contributed by atoms with Crippen molar-refractivity contribution >= 4 is 28.8 Å². The van der Waals surface area contributed by atoms with Crippen LogP contribution in [0.4, 0.5) is 11.5 Å². The molecule has 0 amide bonds. The molecule has 2 heterocycles. The van der Waals surface area contributed by atoms with Gasteiger partial charge in [-0.15, -0.1) is 11.3 Å². The van der Waals surface area contributed by atoms with Gasteiger partial charge in [-0.3, -0.25) is 0 Å². The highest BCUT2D eigenvalue weighted by Gasteiger charge is 2.13. The molecule has 0 bridgehead atoms. The van der Waals surface area contributed by atoms with E-state index in [0.29, 0.717) is 17.9 Å². The van der Waals surface area contributed by atoms with Crippen LogP contribution in [0.2, 0.25) is 0 Å². The Hall–Kier alpha value is -2.15. The molecule has 2 aromatic rings. The fourth-order valence-corrected chi connectivity index (χ4v) is 2.29. The second-order valence-corrected chi connectivity index (χ2v) is 5.13. The molecule has 0 aliphatic rings. The SMILES string of the molecule is COC(=O)c1ccnc(NCc2cnc(C)s2)c1N. The number of nitrogens with two attached hydrogens (primary N) is 1. The number of hydrogen-bond donors (Lipinski definition) is 2. The number of methoxy groups -OCH3 is 1. The van der Waals surface area contributed by atoms with Crippen LogP contribution in [0.1, 0.15) is 20.2 Å². The number of pyridine rings is 1. The number of anilines is 2. The summed E-state index contributed by atoms with van der Waals surface area (Å²) in [6.45, 7) is 2.51. The summed E-state index contributed by atoms with van der Waals surface area (Å²) >= 11 is 1.59. The maximum absolute atomic E-state index is 11.5. The molecular formula is C12H14N4O2S. The van der Waals surface area contributed by atoms with Crippen molar-refractivity contribution < 1.29 is 9.53 Å². The van der Waals surface area contributed by atoms with Gasteiger partial charge < -0.3 is 15.8 Å². The molecule has 0 saturated carbocycles. The van der Waals surface area contributed by atoms with E-state index in [4.69, 9.17) is 5.73 Å². The highest BCUT2D eigenvalue weighted by Crippen LogP contribution is 2.22. The number of carbonyl (C=O) groups is 1. The number of aryl methyl sites for hydroxylation is 1. The lowest BCUT2D eigenvalue weighted by atomic mass is 10.2. The highest BCUT2D eigenvalue weighted by molar-refractivity contribution is 7.11. The summed E-state index contributed by atoms with van der Waals surface area (Å²) in [5.74, 6) is -0.00876. The van der Waals surface area contributed by atoms with Crippen LogP contribution in [0.15, 0.2) is 18.5 Å². The molecule has 2 aromatic heterocycles. The van der Waals surface area contributed by atoms with Crippen LogP contribution in [-0.2, 0) is 11.3 Å². The zero-order chi connectivity index (χ0) is 13.8. The summed E-state index contributed by atoms with van der Waals surface area (Å²) in [6, 6.07) is 1.53. The van der Waals surface area contributed by atoms with Crippen LogP contribution >= 0.6 is 11.3 Å². The van der Waals surface area contributed by atoms with E-state index >= 15 is 0 Å². The van der Waals surface area contributed by atoms with Crippen LogP contribution in [-0.4, -0.2) is 23.0 Å². The number of nitrogens with zero attached hydrogens (tertiary/aromatic N) is 2. The predicted molar refractivity (Wildman–Crippen MR) is 74.2 cm³/mol. The number of esters is 1. The van der Waals surface area contributed by atoms with Gasteiger partial charge in [0.25, 0.3) is 0 Å². The quantitative estimate of drug-likeness (QED) is 0.829. The molecule has 0 aromatic carbocycles. The number of rotatable bonds is 4. The number of thiazole rings is 1. The van der Waals surface area contributed by atoms with Crippen molar-refractivity contribution in [1.29, 1.82) is 0 Å². The van der Waals surface area contributed by atoms with E-state index in [-0.39, 0.29) is 5.69 Å². The smallest absolute Gasteiger partial charge is 0.340 e. The molecule has 2 rings (SSSR count). The van der Waals surface area contributed by atoms with E-state index in [0.717, 1.165) is 9.88 Å². The van der Waals surface area contributed by atoms with E-state index < -0.39 is 5.97 Å². The van der Waals surface area contributed by atoms with E-state index in [1.165, 1.54) is 19.4 Å². The van der Waals surface area contributed by atoms with Gasteiger partial charge in [0.05, 0.1) is 29.9 Å². The second kappa shape index (κ2) is 5.66. The lowest BCUT2D eigenvalue weighted by Gasteiger charge is -2.09. The summed E-state index contributed by atoms with van der Waals surface area (Å²) in [4.78, 5) is 20.9. The number of carbonyl (C=O) groups excluding carboxylic acids is 1. The van der Waals surface area contributed by atoms with Crippen molar-refractivity contribution in [2.45, 2.75) is 13.5 Å². The van der Waals surface area contributed by atoms with Crippen molar-refractivity contribution in [3.63, 3.8) is 0 Å². The molecule has 0 spiro atoms. The highest BCUT2D eigenvalue weighted by atomic mass is 32.1. The second-order valence-electron chi connectivity index (χ2n) is 3.81. The first kappa shape index (κ1) is 13.3. The van der Waals surface area contributed by atoms with E-state index in [1.54, 1.807) is 17.5 Å². The standard InChI is InChI=1S/C12H14N4O2S/c1-7-15-5-8(19-7)6-16-11-10(13)9(3-4-14-11)12(17)18-2/h3-5H,6,13H2,1-2H3,(H,14,16). The third kappa shape index (κ3) is 3.00. The number of nitrogen functional groups attached to an aromatic ring is 1. The summed E-state index contributed by atoms with van der Waals surface area (Å²) in [5.41, 5.74) is 6.48. The molecule has 6 nitrogen and oxygen atoms in total. The minimum absolute atomic E-state index is 0.288. The molecular weight excluding hydrogens is 264 g/mol. The van der Waals surface area contributed by atoms with Gasteiger partial charge in [0.1, 0.15) is 5.82 Å². The van der Waals surface area contributed by atoms with Crippen LogP contribution in [0.3, 0.4) is 0 Å². The first-order valence-corrected chi connectivity index (χ1v) is 6.41. The molecule has 0 radical (unpaired) electrons. The number of nitrogens with one attached hydrogen (secondary N) is 1. The average molecular weight is 278 g/mol. The van der Waals surface area contributed by atoms with Gasteiger partial charge in [-0.1, -0.05) is 0 Å². The van der Waals surface area contributed by atoms with E-state index in [2.05, 4.69) is 20.0 Å². The Bertz CT molecular complexity index is 597. The largest absolute Gasteiger partial charge is 0.465 e. The molecule has 19 heavy (non-hydrogen) atoms. The molecule has 0 atom stereocenters. The Labute approximate surface area is 114 Å². The molecule has 0 fully saturated rings. The Balaban J connectivity index is 2.14. The summed E-state index contributed by atoms with van der Waals surface area (Å²) < 4.78 is 4.66. The van der Waals surface area contributed by atoms with Crippen LogP contribution in [0.5, 0.6) is 0 Å². The van der Waals surface area contributed by atoms with Gasteiger partial charge in [-0.2, -0.15) is 0 Å². The van der Waals surface area contributed by atoms with Crippen molar-refractivity contribution in [3.8, 4) is 0 Å².